The fourth-order valence-electron chi connectivity index (χ4n) is 2.68. The summed E-state index contributed by atoms with van der Waals surface area (Å²) < 4.78 is 5.14. The number of amides is 1. The van der Waals surface area contributed by atoms with Crippen molar-refractivity contribution in [3.8, 4) is 23.0 Å². The summed E-state index contributed by atoms with van der Waals surface area (Å²) in [5.41, 5.74) is 3.52. The summed E-state index contributed by atoms with van der Waals surface area (Å²) in [6, 6.07) is 13.2. The average Bonchev–Trinajstić information content (AvgIpc) is 2.83. The molecular weight excluding hydrogens is 314 g/mol. The van der Waals surface area contributed by atoms with E-state index in [-0.39, 0.29) is 12.3 Å². The monoisotopic (exact) mass is 333 g/mol. The zero-order chi connectivity index (χ0) is 18.0. The van der Waals surface area contributed by atoms with Gasteiger partial charge in [-0.25, -0.2) is 4.79 Å². The Morgan fingerprint density at radius 1 is 1.04 bits per heavy atom. The van der Waals surface area contributed by atoms with Crippen LogP contribution in [0.2, 0.25) is 0 Å². The first-order valence-corrected chi connectivity index (χ1v) is 8.09. The SMILES string of the molecule is CC(C)(C)OC(=O)NCC#Cc1ccc2c(c1)C(=O)c1ccccc1-2. The van der Waals surface area contributed by atoms with Gasteiger partial charge in [0.25, 0.3) is 0 Å². The van der Waals surface area contributed by atoms with Crippen molar-refractivity contribution in [3.63, 3.8) is 0 Å². The quantitative estimate of drug-likeness (QED) is 0.690. The van der Waals surface area contributed by atoms with Crippen LogP contribution in [0.3, 0.4) is 0 Å². The topological polar surface area (TPSA) is 55.4 Å². The van der Waals surface area contributed by atoms with E-state index in [1.807, 2.05) is 36.4 Å². The lowest BCUT2D eigenvalue weighted by Gasteiger charge is -2.18. The van der Waals surface area contributed by atoms with Gasteiger partial charge in [-0.15, -0.1) is 0 Å². The van der Waals surface area contributed by atoms with Crippen LogP contribution >= 0.6 is 0 Å². The number of hydrogen-bond acceptors (Lipinski definition) is 3. The van der Waals surface area contributed by atoms with E-state index in [0.717, 1.165) is 22.3 Å². The minimum absolute atomic E-state index is 0.0288. The highest BCUT2D eigenvalue weighted by Crippen LogP contribution is 2.36. The number of nitrogens with one attached hydrogen (secondary N) is 1. The van der Waals surface area contributed by atoms with Crippen molar-refractivity contribution >= 4 is 11.9 Å². The van der Waals surface area contributed by atoms with Crippen molar-refractivity contribution in [1.29, 1.82) is 0 Å². The van der Waals surface area contributed by atoms with Crippen LogP contribution in [-0.4, -0.2) is 24.0 Å². The van der Waals surface area contributed by atoms with Crippen molar-refractivity contribution in [2.75, 3.05) is 6.54 Å². The van der Waals surface area contributed by atoms with Crippen LogP contribution in [-0.2, 0) is 4.74 Å². The van der Waals surface area contributed by atoms with Gasteiger partial charge in [-0.1, -0.05) is 42.2 Å². The molecule has 0 unspecified atom stereocenters. The molecule has 2 aromatic rings. The number of benzene rings is 2. The molecule has 2 aromatic carbocycles. The predicted octanol–water partition coefficient (Wildman–Crippen LogP) is 3.77. The summed E-state index contributed by atoms with van der Waals surface area (Å²) in [7, 11) is 0. The minimum Gasteiger partial charge on any atom is -0.444 e. The van der Waals surface area contributed by atoms with Gasteiger partial charge in [-0.05, 0) is 44.0 Å². The van der Waals surface area contributed by atoms with E-state index in [0.29, 0.717) is 5.56 Å². The second-order valence-electron chi connectivity index (χ2n) is 6.79. The number of rotatable bonds is 1. The number of ketones is 1. The van der Waals surface area contributed by atoms with Gasteiger partial charge in [0.2, 0.25) is 0 Å². The first-order valence-electron chi connectivity index (χ1n) is 8.09. The Balaban J connectivity index is 1.69. The molecule has 0 aromatic heterocycles. The molecule has 0 bridgehead atoms. The summed E-state index contributed by atoms with van der Waals surface area (Å²) in [5, 5.41) is 2.58. The van der Waals surface area contributed by atoms with E-state index < -0.39 is 11.7 Å². The Bertz CT molecular complexity index is 911. The molecule has 0 saturated heterocycles. The van der Waals surface area contributed by atoms with Gasteiger partial charge in [-0.3, -0.25) is 4.79 Å². The van der Waals surface area contributed by atoms with Gasteiger partial charge in [0.1, 0.15) is 5.60 Å². The smallest absolute Gasteiger partial charge is 0.408 e. The van der Waals surface area contributed by atoms with Crippen LogP contribution in [0.4, 0.5) is 4.79 Å². The van der Waals surface area contributed by atoms with Gasteiger partial charge < -0.3 is 10.1 Å². The standard InChI is InChI=1S/C21H19NO3/c1-21(2,3)25-20(24)22-12-6-7-14-10-11-16-15-8-4-5-9-17(15)19(23)18(16)13-14/h4-5,8-11,13H,12H2,1-3H3,(H,22,24). The molecule has 3 rings (SSSR count). The highest BCUT2D eigenvalue weighted by atomic mass is 16.6. The summed E-state index contributed by atoms with van der Waals surface area (Å²) in [5.74, 6) is 5.87. The maximum absolute atomic E-state index is 12.5. The lowest BCUT2D eigenvalue weighted by Crippen LogP contribution is -2.32. The van der Waals surface area contributed by atoms with E-state index in [2.05, 4.69) is 17.2 Å². The van der Waals surface area contributed by atoms with Crippen molar-refractivity contribution < 1.29 is 14.3 Å². The van der Waals surface area contributed by atoms with Gasteiger partial charge >= 0.3 is 6.09 Å². The second kappa shape index (κ2) is 6.45. The minimum atomic E-state index is -0.535. The third-order valence-corrected chi connectivity index (χ3v) is 3.68. The number of ether oxygens (including phenoxy) is 1. The van der Waals surface area contributed by atoms with Crippen LogP contribution < -0.4 is 5.32 Å². The van der Waals surface area contributed by atoms with E-state index in [9.17, 15) is 9.59 Å². The summed E-state index contributed by atoms with van der Waals surface area (Å²) in [6.07, 6.45) is -0.499. The van der Waals surface area contributed by atoms with Gasteiger partial charge in [0.05, 0.1) is 6.54 Å². The zero-order valence-electron chi connectivity index (χ0n) is 14.5. The molecule has 0 fully saturated rings. The molecule has 0 radical (unpaired) electrons. The average molecular weight is 333 g/mol. The molecule has 0 heterocycles. The van der Waals surface area contributed by atoms with Crippen LogP contribution in [0.5, 0.6) is 0 Å². The first kappa shape index (κ1) is 16.8. The number of fused-ring (bicyclic) bond motifs is 3. The molecule has 1 amide bonds. The summed E-state index contributed by atoms with van der Waals surface area (Å²) in [6.45, 7) is 5.59. The van der Waals surface area contributed by atoms with E-state index in [1.165, 1.54) is 0 Å². The van der Waals surface area contributed by atoms with E-state index in [4.69, 9.17) is 4.74 Å². The number of hydrogen-bond donors (Lipinski definition) is 1. The molecule has 1 aliphatic carbocycles. The summed E-state index contributed by atoms with van der Waals surface area (Å²) >= 11 is 0. The highest BCUT2D eigenvalue weighted by Gasteiger charge is 2.25. The van der Waals surface area contributed by atoms with Crippen LogP contribution in [0.15, 0.2) is 42.5 Å². The largest absolute Gasteiger partial charge is 0.444 e. The third kappa shape index (κ3) is 3.72. The van der Waals surface area contributed by atoms with Crippen molar-refractivity contribution in [1.82, 2.24) is 5.32 Å². The van der Waals surface area contributed by atoms with Crippen molar-refractivity contribution in [2.45, 2.75) is 26.4 Å². The highest BCUT2D eigenvalue weighted by molar-refractivity contribution is 6.21. The lowest BCUT2D eigenvalue weighted by atomic mass is 10.0. The summed E-state index contributed by atoms with van der Waals surface area (Å²) in [4.78, 5) is 24.0. The van der Waals surface area contributed by atoms with Crippen molar-refractivity contribution in [3.05, 3.63) is 59.2 Å². The lowest BCUT2D eigenvalue weighted by molar-refractivity contribution is 0.0535. The third-order valence-electron chi connectivity index (χ3n) is 3.68. The number of carbonyl (C=O) groups is 2. The predicted molar refractivity (Wildman–Crippen MR) is 96.4 cm³/mol. The molecule has 1 N–H and O–H groups in total. The zero-order valence-corrected chi connectivity index (χ0v) is 14.5. The Morgan fingerprint density at radius 3 is 2.44 bits per heavy atom. The second-order valence-corrected chi connectivity index (χ2v) is 6.79. The molecule has 0 spiro atoms. The van der Waals surface area contributed by atoms with Gasteiger partial charge in [-0.2, -0.15) is 0 Å². The molecule has 0 saturated carbocycles. The van der Waals surface area contributed by atoms with Gasteiger partial charge in [0, 0.05) is 16.7 Å². The normalized spacial score (nSPS) is 11.9. The first-order chi connectivity index (χ1) is 11.8. The van der Waals surface area contributed by atoms with E-state index >= 15 is 0 Å². The van der Waals surface area contributed by atoms with Crippen molar-refractivity contribution in [2.24, 2.45) is 0 Å². The molecular formula is C21H19NO3. The molecule has 1 aliphatic rings. The van der Waals surface area contributed by atoms with Crippen LogP contribution in [0, 0.1) is 11.8 Å². The molecule has 25 heavy (non-hydrogen) atoms. The number of alkyl carbamates (subject to hydrolysis) is 1. The fraction of sp³-hybridized carbons (Fsp3) is 0.238. The Morgan fingerprint density at radius 2 is 1.72 bits per heavy atom. The van der Waals surface area contributed by atoms with Gasteiger partial charge in [0.15, 0.2) is 5.78 Å². The molecule has 4 heteroatoms. The van der Waals surface area contributed by atoms with E-state index in [1.54, 1.807) is 26.8 Å². The fourth-order valence-corrected chi connectivity index (χ4v) is 2.68. The molecule has 4 nitrogen and oxygen atoms in total. The Labute approximate surface area is 147 Å². The maximum Gasteiger partial charge on any atom is 0.408 e. The molecule has 0 aliphatic heterocycles. The Hall–Kier alpha value is -3.06. The number of carbonyl (C=O) groups excluding carboxylic acids is 2. The molecule has 126 valence electrons. The maximum atomic E-state index is 12.5. The van der Waals surface area contributed by atoms with Crippen LogP contribution in [0.1, 0.15) is 42.3 Å². The van der Waals surface area contributed by atoms with Crippen LogP contribution in [0.25, 0.3) is 11.1 Å². The molecule has 0 atom stereocenters. The Kier molecular flexibility index (Phi) is 4.33.